The average molecular weight is 324 g/mol. The van der Waals surface area contributed by atoms with Crippen molar-refractivity contribution in [3.8, 4) is 11.3 Å². The molecule has 4 rings (SSSR count). The predicted octanol–water partition coefficient (Wildman–Crippen LogP) is 0.408. The molecule has 1 aromatic carbocycles. The van der Waals surface area contributed by atoms with Crippen LogP contribution in [0.3, 0.4) is 0 Å². The number of amides is 1. The molecule has 0 aliphatic heterocycles. The Morgan fingerprint density at radius 3 is 3.00 bits per heavy atom. The van der Waals surface area contributed by atoms with Gasteiger partial charge < -0.3 is 15.4 Å². The zero-order chi connectivity index (χ0) is 16.8. The molecule has 120 valence electrons. The van der Waals surface area contributed by atoms with E-state index in [1.165, 1.54) is 0 Å². The van der Waals surface area contributed by atoms with Crippen molar-refractivity contribution >= 4 is 17.5 Å². The highest BCUT2D eigenvalue weighted by atomic mass is 16.4. The molecule has 1 aliphatic carbocycles. The van der Waals surface area contributed by atoms with Crippen molar-refractivity contribution in [1.82, 2.24) is 19.7 Å². The predicted molar refractivity (Wildman–Crippen MR) is 84.0 cm³/mol. The number of hydrogen-bond donors (Lipinski definition) is 3. The number of aromatic nitrogens is 3. The molecule has 0 unspecified atom stereocenters. The number of nitrogens with one attached hydrogen (secondary N) is 2. The molecule has 0 saturated heterocycles. The molecule has 0 spiro atoms. The standard InChI is InChI=1S/C16H12N4O4/c21-12(22)7-18-15(23)9-3-1-2-8-10(9)6-11-13(8)19-16(24)14-17-4-5-20(11)14/h1-5H,6-7H2,(H,18,23)(H,19,24)(H,21,22). The van der Waals surface area contributed by atoms with Crippen molar-refractivity contribution in [3.05, 3.63) is 57.8 Å². The number of carbonyl (C=O) groups is 2. The minimum Gasteiger partial charge on any atom is -0.480 e. The summed E-state index contributed by atoms with van der Waals surface area (Å²) in [5.74, 6) is -1.56. The largest absolute Gasteiger partial charge is 0.480 e. The maximum Gasteiger partial charge on any atom is 0.322 e. The zero-order valence-corrected chi connectivity index (χ0v) is 12.4. The first kappa shape index (κ1) is 14.2. The van der Waals surface area contributed by atoms with E-state index < -0.39 is 18.4 Å². The van der Waals surface area contributed by atoms with Crippen LogP contribution in [0.4, 0.5) is 0 Å². The number of nitrogens with zero attached hydrogens (tertiary/aromatic N) is 2. The van der Waals surface area contributed by atoms with Crippen LogP contribution in [-0.4, -0.2) is 37.9 Å². The number of carbonyl (C=O) groups excluding carboxylic acids is 1. The van der Waals surface area contributed by atoms with Gasteiger partial charge in [0.15, 0.2) is 0 Å². The van der Waals surface area contributed by atoms with Crippen LogP contribution in [0.25, 0.3) is 16.9 Å². The minimum atomic E-state index is -1.11. The number of benzene rings is 1. The van der Waals surface area contributed by atoms with E-state index in [-0.39, 0.29) is 5.56 Å². The van der Waals surface area contributed by atoms with E-state index in [0.717, 1.165) is 16.8 Å². The highest BCUT2D eigenvalue weighted by molar-refractivity contribution is 5.99. The molecule has 3 aromatic rings. The summed E-state index contributed by atoms with van der Waals surface area (Å²) < 4.78 is 1.72. The van der Waals surface area contributed by atoms with Gasteiger partial charge in [0, 0.05) is 29.9 Å². The van der Waals surface area contributed by atoms with E-state index in [1.807, 2.05) is 6.07 Å². The zero-order valence-electron chi connectivity index (χ0n) is 12.4. The normalized spacial score (nSPS) is 12.0. The first-order valence-corrected chi connectivity index (χ1v) is 7.26. The van der Waals surface area contributed by atoms with Gasteiger partial charge >= 0.3 is 5.97 Å². The lowest BCUT2D eigenvalue weighted by Crippen LogP contribution is -2.29. The quantitative estimate of drug-likeness (QED) is 0.504. The van der Waals surface area contributed by atoms with Gasteiger partial charge in [-0.05, 0) is 11.6 Å². The Kier molecular flexibility index (Phi) is 2.99. The fourth-order valence-corrected chi connectivity index (χ4v) is 3.09. The van der Waals surface area contributed by atoms with Gasteiger partial charge in [0.2, 0.25) is 5.65 Å². The number of fused-ring (bicyclic) bond motifs is 5. The summed E-state index contributed by atoms with van der Waals surface area (Å²) in [6.45, 7) is -0.446. The van der Waals surface area contributed by atoms with E-state index >= 15 is 0 Å². The molecule has 2 heterocycles. The van der Waals surface area contributed by atoms with Crippen LogP contribution >= 0.6 is 0 Å². The first-order valence-electron chi connectivity index (χ1n) is 7.26. The number of hydrogen-bond acceptors (Lipinski definition) is 4. The van der Waals surface area contributed by atoms with Crippen molar-refractivity contribution in [2.45, 2.75) is 6.42 Å². The number of carboxylic acids is 1. The van der Waals surface area contributed by atoms with Crippen molar-refractivity contribution in [3.63, 3.8) is 0 Å². The number of aliphatic carboxylic acids is 1. The highest BCUT2D eigenvalue weighted by Gasteiger charge is 2.27. The van der Waals surface area contributed by atoms with E-state index in [0.29, 0.717) is 23.3 Å². The molecule has 2 aromatic heterocycles. The monoisotopic (exact) mass is 324 g/mol. The van der Waals surface area contributed by atoms with Gasteiger partial charge in [-0.15, -0.1) is 0 Å². The third kappa shape index (κ3) is 2.00. The molecule has 8 heteroatoms. The molecule has 0 radical (unpaired) electrons. The summed E-state index contributed by atoms with van der Waals surface area (Å²) in [6.07, 6.45) is 3.71. The number of imidazole rings is 1. The van der Waals surface area contributed by atoms with Crippen LogP contribution in [0.5, 0.6) is 0 Å². The summed E-state index contributed by atoms with van der Waals surface area (Å²) >= 11 is 0. The van der Waals surface area contributed by atoms with Gasteiger partial charge in [0.1, 0.15) is 6.54 Å². The van der Waals surface area contributed by atoms with Crippen LogP contribution in [0.1, 0.15) is 21.6 Å². The van der Waals surface area contributed by atoms with Gasteiger partial charge in [0.25, 0.3) is 11.5 Å². The number of carboxylic acid groups (broad SMARTS) is 1. The fourth-order valence-electron chi connectivity index (χ4n) is 3.09. The third-order valence-electron chi connectivity index (χ3n) is 4.10. The van der Waals surface area contributed by atoms with E-state index in [1.54, 1.807) is 28.9 Å². The minimum absolute atomic E-state index is 0.299. The highest BCUT2D eigenvalue weighted by Crippen LogP contribution is 2.36. The van der Waals surface area contributed by atoms with Gasteiger partial charge in [-0.1, -0.05) is 12.1 Å². The molecular formula is C16H12N4O4. The van der Waals surface area contributed by atoms with E-state index in [4.69, 9.17) is 5.11 Å². The molecule has 8 nitrogen and oxygen atoms in total. The molecule has 0 fully saturated rings. The summed E-state index contributed by atoms with van der Waals surface area (Å²) in [7, 11) is 0. The van der Waals surface area contributed by atoms with Crippen LogP contribution in [0, 0.1) is 0 Å². The topological polar surface area (TPSA) is 117 Å². The second kappa shape index (κ2) is 5.05. The number of aromatic amines is 1. The Bertz CT molecular complexity index is 1060. The second-order valence-corrected chi connectivity index (χ2v) is 5.48. The Balaban J connectivity index is 1.84. The molecule has 24 heavy (non-hydrogen) atoms. The number of rotatable bonds is 3. The van der Waals surface area contributed by atoms with Crippen molar-refractivity contribution in [2.75, 3.05) is 6.54 Å². The van der Waals surface area contributed by atoms with Crippen LogP contribution in [0.15, 0.2) is 35.4 Å². The van der Waals surface area contributed by atoms with Crippen molar-refractivity contribution in [1.29, 1.82) is 0 Å². The Morgan fingerprint density at radius 2 is 2.21 bits per heavy atom. The first-order chi connectivity index (χ1) is 11.6. The summed E-state index contributed by atoms with van der Waals surface area (Å²) in [4.78, 5) is 41.9. The van der Waals surface area contributed by atoms with Gasteiger partial charge in [0.05, 0.1) is 11.4 Å². The second-order valence-electron chi connectivity index (χ2n) is 5.48. The third-order valence-corrected chi connectivity index (χ3v) is 4.10. The van der Waals surface area contributed by atoms with Crippen LogP contribution in [0.2, 0.25) is 0 Å². The maximum atomic E-state index is 12.3. The molecular weight excluding hydrogens is 312 g/mol. The Morgan fingerprint density at radius 1 is 1.38 bits per heavy atom. The molecule has 3 N–H and O–H groups in total. The smallest absolute Gasteiger partial charge is 0.322 e. The Hall–Kier alpha value is -3.42. The van der Waals surface area contributed by atoms with Gasteiger partial charge in [-0.25, -0.2) is 4.98 Å². The number of H-pyrrole nitrogens is 1. The van der Waals surface area contributed by atoms with Crippen molar-refractivity contribution < 1.29 is 14.7 Å². The summed E-state index contributed by atoms with van der Waals surface area (Å²) in [5.41, 5.74) is 3.43. The fraction of sp³-hybridized carbons (Fsp3) is 0.125. The molecule has 0 atom stereocenters. The molecule has 1 aliphatic rings. The van der Waals surface area contributed by atoms with E-state index in [2.05, 4.69) is 15.3 Å². The SMILES string of the molecule is O=C(O)CNC(=O)c1cccc2c1Cc1c-2[nH]c(=O)c2nccn12. The van der Waals surface area contributed by atoms with Crippen molar-refractivity contribution in [2.24, 2.45) is 0 Å². The van der Waals surface area contributed by atoms with E-state index in [9.17, 15) is 14.4 Å². The average Bonchev–Trinajstić information content (AvgIpc) is 3.17. The molecule has 0 bridgehead atoms. The lowest BCUT2D eigenvalue weighted by atomic mass is 10.0. The maximum absolute atomic E-state index is 12.3. The van der Waals surface area contributed by atoms with Gasteiger partial charge in [-0.3, -0.25) is 18.8 Å². The van der Waals surface area contributed by atoms with Crippen LogP contribution in [-0.2, 0) is 11.2 Å². The van der Waals surface area contributed by atoms with Gasteiger partial charge in [-0.2, -0.15) is 0 Å². The lowest BCUT2D eigenvalue weighted by molar-refractivity contribution is -0.135. The molecule has 1 amide bonds. The molecule has 0 saturated carbocycles. The summed E-state index contributed by atoms with van der Waals surface area (Å²) in [5, 5.41) is 11.1. The summed E-state index contributed by atoms with van der Waals surface area (Å²) in [6, 6.07) is 5.18. The van der Waals surface area contributed by atoms with Crippen LogP contribution < -0.4 is 10.9 Å². The Labute approximate surface area is 134 Å². The lowest BCUT2D eigenvalue weighted by Gasteiger charge is -2.07.